The molecular formula is C61H85AlCl2O4. The number of phenols is 3. The van der Waals surface area contributed by atoms with Crippen LogP contribution in [0, 0.1) is 29.6 Å². The molecule has 7 heteroatoms. The van der Waals surface area contributed by atoms with E-state index in [1.807, 2.05) is 49.4 Å². The number of fused-ring (bicyclic) bond motifs is 3. The van der Waals surface area contributed by atoms with Gasteiger partial charge in [0.05, 0.1) is 5.34 Å². The van der Waals surface area contributed by atoms with Crippen LogP contribution in [0.3, 0.4) is 0 Å². The summed E-state index contributed by atoms with van der Waals surface area (Å²) in [5.74, 6) is 5.33. The summed E-state index contributed by atoms with van der Waals surface area (Å²) in [5, 5.41) is 37.0. The molecule has 3 aliphatic rings. The van der Waals surface area contributed by atoms with Crippen LogP contribution in [0.5, 0.6) is 23.0 Å². The van der Waals surface area contributed by atoms with E-state index in [9.17, 15) is 15.3 Å². The van der Waals surface area contributed by atoms with Crippen molar-refractivity contribution in [2.24, 2.45) is 29.6 Å². The largest absolute Gasteiger partial charge is 0.507 e. The van der Waals surface area contributed by atoms with E-state index < -0.39 is 14.1 Å². The van der Waals surface area contributed by atoms with Crippen LogP contribution in [-0.2, 0) is 25.7 Å². The van der Waals surface area contributed by atoms with Crippen molar-refractivity contribution in [3.8, 4) is 23.0 Å². The molecule has 4 atom stereocenters. The van der Waals surface area contributed by atoms with Gasteiger partial charge < -0.3 is 20.1 Å². The third-order valence-corrected chi connectivity index (χ3v) is 18.8. The first-order valence-electron chi connectivity index (χ1n) is 25.5. The SMILES string of the molecule is C=C(C)[C@@H]1CCC(C)=C[C@@H]1c1c(O)cc(CCc2ccccc2)cc1O.CC(C)[CH2][Al]([CH2]C(C)C)[CH2]C(C)C.CC1=C[C@@H]2c3c(O)cc(CCc4ccccc4)cc3OC(C)(C)[C@@H]2CC1.ClCCl. The van der Waals surface area contributed by atoms with Gasteiger partial charge in [0, 0.05) is 28.9 Å². The van der Waals surface area contributed by atoms with Crippen LogP contribution >= 0.6 is 23.2 Å². The van der Waals surface area contributed by atoms with Gasteiger partial charge in [-0.15, -0.1) is 23.2 Å². The van der Waals surface area contributed by atoms with Gasteiger partial charge in [-0.05, 0) is 138 Å². The highest BCUT2D eigenvalue weighted by Gasteiger charge is 2.45. The Kier molecular flexibility index (Phi) is 23.2. The summed E-state index contributed by atoms with van der Waals surface area (Å²) in [6.45, 7) is 29.1. The van der Waals surface area contributed by atoms with Crippen molar-refractivity contribution in [3.63, 3.8) is 0 Å². The number of benzene rings is 4. The summed E-state index contributed by atoms with van der Waals surface area (Å²) < 4.78 is 6.41. The topological polar surface area (TPSA) is 69.9 Å². The average molecular weight is 980 g/mol. The molecule has 4 aromatic carbocycles. The Morgan fingerprint density at radius 1 is 0.632 bits per heavy atom. The van der Waals surface area contributed by atoms with Crippen LogP contribution in [0.15, 0.2) is 120 Å². The monoisotopic (exact) mass is 979 g/mol. The second-order valence-corrected chi connectivity index (χ2v) is 25.8. The maximum atomic E-state index is 10.8. The molecule has 2 aliphatic carbocycles. The van der Waals surface area contributed by atoms with Gasteiger partial charge in [0.25, 0.3) is 14.1 Å². The molecule has 0 saturated heterocycles. The Bertz CT molecular complexity index is 2180. The van der Waals surface area contributed by atoms with Crippen molar-refractivity contribution in [1.29, 1.82) is 0 Å². The van der Waals surface area contributed by atoms with Crippen LogP contribution in [0.25, 0.3) is 0 Å². The van der Waals surface area contributed by atoms with E-state index in [4.69, 9.17) is 27.9 Å². The molecule has 0 radical (unpaired) electrons. The Labute approximate surface area is 427 Å². The Hall–Kier alpha value is -3.59. The van der Waals surface area contributed by atoms with Crippen LogP contribution in [0.4, 0.5) is 0 Å². The van der Waals surface area contributed by atoms with Gasteiger partial charge in [-0.3, -0.25) is 0 Å². The van der Waals surface area contributed by atoms with Crippen LogP contribution in [0.2, 0.25) is 15.8 Å². The lowest BCUT2D eigenvalue weighted by molar-refractivity contribution is 0.0107. The van der Waals surface area contributed by atoms with Gasteiger partial charge in [0.15, 0.2) is 0 Å². The molecule has 0 bridgehead atoms. The van der Waals surface area contributed by atoms with E-state index in [1.54, 1.807) is 15.8 Å². The molecule has 4 nitrogen and oxygen atoms in total. The number of allylic oxidation sites excluding steroid dienone is 5. The average Bonchev–Trinajstić information content (AvgIpc) is 3.25. The Balaban J connectivity index is 0.000000228. The number of phenolic OH excluding ortho intramolecular Hbond substituents is 3. The molecule has 1 aliphatic heterocycles. The maximum Gasteiger partial charge on any atom is 0.262 e. The van der Waals surface area contributed by atoms with E-state index in [2.05, 4.69) is 130 Å². The van der Waals surface area contributed by atoms with Crippen molar-refractivity contribution >= 4 is 37.4 Å². The van der Waals surface area contributed by atoms with Crippen molar-refractivity contribution in [1.82, 2.24) is 0 Å². The second kappa shape index (κ2) is 27.7. The predicted octanol–water partition coefficient (Wildman–Crippen LogP) is 17.6. The molecule has 68 heavy (non-hydrogen) atoms. The fourth-order valence-electron chi connectivity index (χ4n) is 11.0. The lowest BCUT2D eigenvalue weighted by Crippen LogP contribution is -2.45. The summed E-state index contributed by atoms with van der Waals surface area (Å²) in [5.41, 5.74) is 9.90. The lowest BCUT2D eigenvalue weighted by Gasteiger charge is -2.46. The first-order valence-corrected chi connectivity index (χ1v) is 29.0. The zero-order valence-electron chi connectivity index (χ0n) is 43.6. The van der Waals surface area contributed by atoms with Gasteiger partial charge in [-0.2, -0.15) is 0 Å². The van der Waals surface area contributed by atoms with Gasteiger partial charge in [-0.25, -0.2) is 0 Å². The maximum absolute atomic E-state index is 10.8. The standard InChI is InChI=1S/2C24H28O2.3C4H9.CH2Cl2.Al/c1-16-9-12-20-19(13-16)23-21(25)14-18(15-22(23)26-24(20,2)3)11-10-17-7-5-4-6-8-17;1-16(2)20-12-9-17(3)13-21(20)24-22(25)14-19(15-23(24)26)11-10-18-7-5-4-6-8-18;3*1-4(2)3;2-1-3;/h4-8,13-15,19-20,25H,9-12H2,1-3H3;4-8,13-15,20-21,25-26H,1,9-12H2,2-3H3;3*4H,1H2,2-3H3;1H2;/t19-,20+;20-,21-;;;;;/m00...../s1. The molecule has 370 valence electrons. The van der Waals surface area contributed by atoms with Gasteiger partial charge >= 0.3 is 0 Å². The third-order valence-electron chi connectivity index (χ3n) is 13.9. The highest BCUT2D eigenvalue weighted by atomic mass is 35.5. The highest BCUT2D eigenvalue weighted by molar-refractivity contribution is 6.58. The number of hydrogen-bond donors (Lipinski definition) is 3. The van der Waals surface area contributed by atoms with E-state index in [0.717, 1.165) is 97.1 Å². The minimum Gasteiger partial charge on any atom is -0.507 e. The Morgan fingerprint density at radius 3 is 1.47 bits per heavy atom. The van der Waals surface area contributed by atoms with Crippen LogP contribution < -0.4 is 4.74 Å². The predicted molar refractivity (Wildman–Crippen MR) is 295 cm³/mol. The second-order valence-electron chi connectivity index (χ2n) is 21.8. The van der Waals surface area contributed by atoms with E-state index in [1.165, 1.54) is 22.3 Å². The molecule has 0 unspecified atom stereocenters. The van der Waals surface area contributed by atoms with Crippen LogP contribution in [0.1, 0.15) is 147 Å². The third kappa shape index (κ3) is 17.7. The molecule has 7 rings (SSSR count). The quantitative estimate of drug-likeness (QED) is 0.0669. The molecule has 3 N–H and O–H groups in total. The highest BCUT2D eigenvalue weighted by Crippen LogP contribution is 2.53. The Morgan fingerprint density at radius 2 is 1.03 bits per heavy atom. The molecular weight excluding hydrogens is 895 g/mol. The van der Waals surface area contributed by atoms with Crippen LogP contribution in [-0.4, -0.2) is 40.4 Å². The van der Waals surface area contributed by atoms with Gasteiger partial charge in [0.1, 0.15) is 28.6 Å². The van der Waals surface area contributed by atoms with Crippen molar-refractivity contribution in [3.05, 3.63) is 154 Å². The first-order chi connectivity index (χ1) is 32.2. The van der Waals surface area contributed by atoms with E-state index in [-0.39, 0.29) is 40.2 Å². The summed E-state index contributed by atoms with van der Waals surface area (Å²) in [7, 11) is 0. The molecule has 0 spiro atoms. The summed E-state index contributed by atoms with van der Waals surface area (Å²) in [4.78, 5) is 0. The minimum atomic E-state index is -0.407. The van der Waals surface area contributed by atoms with E-state index >= 15 is 0 Å². The van der Waals surface area contributed by atoms with Gasteiger partial charge in [-0.1, -0.05) is 171 Å². The lowest BCUT2D eigenvalue weighted by atomic mass is 9.68. The summed E-state index contributed by atoms with van der Waals surface area (Å²) >= 11 is 9.12. The molecule has 0 saturated carbocycles. The number of rotatable bonds is 14. The minimum absolute atomic E-state index is 0.00979. The number of aromatic hydroxyl groups is 3. The fraction of sp³-hybridized carbons (Fsp3) is 0.508. The number of hydrogen-bond acceptors (Lipinski definition) is 4. The van der Waals surface area contributed by atoms with Gasteiger partial charge in [0.2, 0.25) is 0 Å². The number of aryl methyl sites for hydroxylation is 4. The summed E-state index contributed by atoms with van der Waals surface area (Å²) in [6, 6.07) is 28.5. The molecule has 4 aromatic rings. The molecule has 1 heterocycles. The zero-order valence-corrected chi connectivity index (χ0v) is 46.2. The fourth-order valence-corrected chi connectivity index (χ4v) is 15.5. The number of halogens is 2. The zero-order chi connectivity index (χ0) is 50.1. The first kappa shape index (κ1) is 57.0. The summed E-state index contributed by atoms with van der Waals surface area (Å²) in [6.07, 6.45) is 12.4. The van der Waals surface area contributed by atoms with E-state index in [0.29, 0.717) is 17.2 Å². The van der Waals surface area contributed by atoms with Crippen molar-refractivity contribution < 1.29 is 20.1 Å². The molecule has 0 amide bonds. The smallest absolute Gasteiger partial charge is 0.262 e. The van der Waals surface area contributed by atoms with Crippen molar-refractivity contribution in [2.45, 2.75) is 161 Å². The number of ether oxygens (including phenoxy) is 1. The normalized spacial score (nSPS) is 19.1. The molecule has 0 aromatic heterocycles. The molecule has 0 fully saturated rings. The van der Waals surface area contributed by atoms with Crippen molar-refractivity contribution in [2.75, 3.05) is 5.34 Å². The number of alkyl halides is 2.